The van der Waals surface area contributed by atoms with Gasteiger partial charge in [-0.2, -0.15) is 0 Å². The first kappa shape index (κ1) is 20.5. The van der Waals surface area contributed by atoms with Crippen LogP contribution in [0.2, 0.25) is 0 Å². The summed E-state index contributed by atoms with van der Waals surface area (Å²) in [6.07, 6.45) is 4.68. The van der Waals surface area contributed by atoms with E-state index in [1.807, 2.05) is 24.3 Å². The van der Waals surface area contributed by atoms with Gasteiger partial charge in [-0.3, -0.25) is 14.8 Å². The quantitative estimate of drug-likeness (QED) is 0.402. The topological polar surface area (TPSA) is 98.8 Å². The Balaban J connectivity index is 1.67. The number of hydrogen-bond donors (Lipinski definition) is 3. The molecule has 4 rings (SSSR count). The van der Waals surface area contributed by atoms with Crippen LogP contribution in [0.3, 0.4) is 0 Å². The van der Waals surface area contributed by atoms with Gasteiger partial charge in [0.2, 0.25) is 5.88 Å². The molecule has 6 heteroatoms. The molecule has 0 unspecified atom stereocenters. The third kappa shape index (κ3) is 4.10. The minimum atomic E-state index is -0.343. The van der Waals surface area contributed by atoms with E-state index in [2.05, 4.69) is 30.7 Å². The van der Waals surface area contributed by atoms with Crippen LogP contribution in [0.1, 0.15) is 37.5 Å². The zero-order valence-corrected chi connectivity index (χ0v) is 17.6. The van der Waals surface area contributed by atoms with Crippen LogP contribution in [0.15, 0.2) is 69.2 Å². The first-order valence-electron chi connectivity index (χ1n) is 9.98. The van der Waals surface area contributed by atoms with Crippen molar-refractivity contribution >= 4 is 17.0 Å². The monoisotopic (exact) mass is 416 g/mol. The van der Waals surface area contributed by atoms with Crippen LogP contribution in [-0.4, -0.2) is 21.4 Å². The predicted octanol–water partition coefficient (Wildman–Crippen LogP) is 5.12. The molecule has 3 N–H and O–H groups in total. The lowest BCUT2D eigenvalue weighted by molar-refractivity contribution is 0.452. The molecule has 0 aliphatic heterocycles. The van der Waals surface area contributed by atoms with E-state index in [1.165, 1.54) is 0 Å². The number of aromatic amines is 1. The van der Waals surface area contributed by atoms with Gasteiger partial charge >= 0.3 is 0 Å². The summed E-state index contributed by atoms with van der Waals surface area (Å²) < 4.78 is 5.07. The molecule has 0 bridgehead atoms. The third-order valence-electron chi connectivity index (χ3n) is 5.30. The molecule has 2 aromatic heterocycles. The molecular weight excluding hydrogens is 392 g/mol. The van der Waals surface area contributed by atoms with Crippen LogP contribution in [0.25, 0.3) is 21.9 Å². The van der Waals surface area contributed by atoms with E-state index >= 15 is 0 Å². The number of pyridine rings is 1. The maximum absolute atomic E-state index is 12.3. The fraction of sp³-hybridized carbons (Fsp3) is 0.200. The molecule has 6 nitrogen and oxygen atoms in total. The predicted molar refractivity (Wildman–Crippen MR) is 122 cm³/mol. The van der Waals surface area contributed by atoms with Crippen LogP contribution in [0.4, 0.5) is 0 Å². The van der Waals surface area contributed by atoms with Crippen molar-refractivity contribution < 1.29 is 14.6 Å². The summed E-state index contributed by atoms with van der Waals surface area (Å²) in [7, 11) is 0. The summed E-state index contributed by atoms with van der Waals surface area (Å²) in [5, 5.41) is 21.8. The van der Waals surface area contributed by atoms with Crippen molar-refractivity contribution in [3.8, 4) is 22.8 Å². The Morgan fingerprint density at radius 3 is 2.55 bits per heavy atom. The van der Waals surface area contributed by atoms with Crippen LogP contribution >= 0.6 is 0 Å². The number of benzene rings is 2. The molecular formula is C25H24N2O4. The molecule has 4 aromatic rings. The van der Waals surface area contributed by atoms with Gasteiger partial charge in [-0.25, -0.2) is 0 Å². The molecule has 0 fully saturated rings. The number of fused-ring (bicyclic) bond motifs is 1. The highest BCUT2D eigenvalue weighted by Gasteiger charge is 2.17. The molecule has 2 aromatic carbocycles. The summed E-state index contributed by atoms with van der Waals surface area (Å²) in [6.45, 7) is 6.58. The lowest BCUT2D eigenvalue weighted by Crippen LogP contribution is -2.13. The van der Waals surface area contributed by atoms with E-state index in [9.17, 15) is 15.0 Å². The standard InChI is InChI=1S/C25H24N2O4/c1-25(2,3)17-5-7-19-20(11-17)21(24(30)27-23(19)29)13-26-12-15-4-6-18(22(28)10-15)16-8-9-31-14-16/h4-11,13-14,28H,12H2,1-3H3,(H2,27,29,30). The van der Waals surface area contributed by atoms with Crippen molar-refractivity contribution in [3.63, 3.8) is 0 Å². The average molecular weight is 416 g/mol. The van der Waals surface area contributed by atoms with Crippen molar-refractivity contribution in [3.05, 3.63) is 82.0 Å². The van der Waals surface area contributed by atoms with Crippen molar-refractivity contribution in [2.24, 2.45) is 4.99 Å². The Labute approximate surface area is 179 Å². The molecule has 0 saturated heterocycles. The van der Waals surface area contributed by atoms with Crippen LogP contribution < -0.4 is 5.56 Å². The van der Waals surface area contributed by atoms with Gasteiger partial charge in [0.1, 0.15) is 5.75 Å². The molecule has 0 atom stereocenters. The Morgan fingerprint density at radius 1 is 1.06 bits per heavy atom. The van der Waals surface area contributed by atoms with E-state index < -0.39 is 0 Å². The highest BCUT2D eigenvalue weighted by molar-refractivity contribution is 6.01. The highest BCUT2D eigenvalue weighted by Crippen LogP contribution is 2.31. The van der Waals surface area contributed by atoms with Gasteiger partial charge in [0.25, 0.3) is 5.56 Å². The normalized spacial score (nSPS) is 12.1. The Hall–Kier alpha value is -3.80. The molecule has 158 valence electrons. The first-order chi connectivity index (χ1) is 14.7. The van der Waals surface area contributed by atoms with Gasteiger partial charge in [0.15, 0.2) is 0 Å². The van der Waals surface area contributed by atoms with E-state index in [0.717, 1.165) is 16.7 Å². The second kappa shape index (κ2) is 7.80. The van der Waals surface area contributed by atoms with Gasteiger partial charge in [-0.1, -0.05) is 39.0 Å². The maximum atomic E-state index is 12.3. The number of nitrogens with one attached hydrogen (secondary N) is 1. The first-order valence-corrected chi connectivity index (χ1v) is 9.98. The number of furan rings is 1. The molecule has 2 heterocycles. The number of aromatic hydroxyl groups is 2. The van der Waals surface area contributed by atoms with Gasteiger partial charge in [-0.15, -0.1) is 0 Å². The minimum absolute atomic E-state index is 0.102. The van der Waals surface area contributed by atoms with Gasteiger partial charge in [-0.05, 0) is 40.8 Å². The Bertz CT molecular complexity index is 1330. The van der Waals surface area contributed by atoms with Gasteiger partial charge < -0.3 is 14.6 Å². The number of aliphatic imine (C=N–C) groups is 1. The summed E-state index contributed by atoms with van der Waals surface area (Å²) in [5.41, 5.74) is 3.36. The summed E-state index contributed by atoms with van der Waals surface area (Å²) >= 11 is 0. The smallest absolute Gasteiger partial charge is 0.258 e. The van der Waals surface area contributed by atoms with Crippen molar-refractivity contribution in [1.82, 2.24) is 4.98 Å². The molecule has 0 radical (unpaired) electrons. The summed E-state index contributed by atoms with van der Waals surface area (Å²) in [4.78, 5) is 19.2. The van der Waals surface area contributed by atoms with Crippen LogP contribution in [0.5, 0.6) is 11.6 Å². The number of aromatic nitrogens is 1. The van der Waals surface area contributed by atoms with E-state index in [4.69, 9.17) is 4.42 Å². The number of hydrogen-bond acceptors (Lipinski definition) is 5. The highest BCUT2D eigenvalue weighted by atomic mass is 16.3. The molecule has 0 amide bonds. The van der Waals surface area contributed by atoms with Crippen LogP contribution in [0, 0.1) is 0 Å². The van der Waals surface area contributed by atoms with E-state index in [1.54, 1.807) is 36.9 Å². The fourth-order valence-corrected chi connectivity index (χ4v) is 3.51. The van der Waals surface area contributed by atoms with Crippen molar-refractivity contribution in [2.45, 2.75) is 32.7 Å². The zero-order chi connectivity index (χ0) is 22.2. The van der Waals surface area contributed by atoms with E-state index in [0.29, 0.717) is 28.4 Å². The number of nitrogens with zero attached hydrogens (tertiary/aromatic N) is 1. The second-order valence-electron chi connectivity index (χ2n) is 8.56. The Morgan fingerprint density at radius 2 is 1.87 bits per heavy atom. The van der Waals surface area contributed by atoms with Crippen molar-refractivity contribution in [2.75, 3.05) is 0 Å². The van der Waals surface area contributed by atoms with Crippen LogP contribution in [-0.2, 0) is 12.0 Å². The maximum Gasteiger partial charge on any atom is 0.258 e. The molecule has 0 spiro atoms. The van der Waals surface area contributed by atoms with Gasteiger partial charge in [0.05, 0.1) is 24.6 Å². The fourth-order valence-electron chi connectivity index (χ4n) is 3.51. The summed E-state index contributed by atoms with van der Waals surface area (Å²) in [6, 6.07) is 12.8. The van der Waals surface area contributed by atoms with Crippen molar-refractivity contribution in [1.29, 1.82) is 0 Å². The number of phenols is 1. The number of H-pyrrole nitrogens is 1. The lowest BCUT2D eigenvalue weighted by Gasteiger charge is -2.19. The van der Waals surface area contributed by atoms with E-state index in [-0.39, 0.29) is 22.6 Å². The SMILES string of the molecule is CC(C)(C)c1ccc2c(=O)[nH]c(O)c(C=NCc3ccc(-c4ccoc4)c(O)c3)c2c1. The minimum Gasteiger partial charge on any atom is -0.507 e. The number of phenolic OH excluding ortho intramolecular Hbond substituents is 1. The Kier molecular flexibility index (Phi) is 5.15. The molecule has 0 aliphatic carbocycles. The largest absolute Gasteiger partial charge is 0.507 e. The third-order valence-corrected chi connectivity index (χ3v) is 5.30. The summed E-state index contributed by atoms with van der Waals surface area (Å²) in [5.74, 6) is -0.0771. The zero-order valence-electron chi connectivity index (χ0n) is 17.6. The number of rotatable bonds is 4. The van der Waals surface area contributed by atoms with Gasteiger partial charge in [0, 0.05) is 28.1 Å². The lowest BCUT2D eigenvalue weighted by atomic mass is 9.85. The second-order valence-corrected chi connectivity index (χ2v) is 8.56. The molecule has 0 aliphatic rings. The average Bonchev–Trinajstić information content (AvgIpc) is 3.24. The molecule has 31 heavy (non-hydrogen) atoms. The molecule has 0 saturated carbocycles.